The van der Waals surface area contributed by atoms with Crippen LogP contribution in [-0.2, 0) is 0 Å². The molecule has 168 valence electrons. The van der Waals surface area contributed by atoms with E-state index in [9.17, 15) is 19.8 Å². The van der Waals surface area contributed by atoms with Crippen LogP contribution >= 0.6 is 0 Å². The van der Waals surface area contributed by atoms with Gasteiger partial charge in [-0.05, 0) is 49.5 Å². The summed E-state index contributed by atoms with van der Waals surface area (Å²) in [7, 11) is 5.88. The first-order valence-electron chi connectivity index (χ1n) is 10.2. The summed E-state index contributed by atoms with van der Waals surface area (Å²) in [4.78, 5) is 28.6. The molecule has 3 aromatic carbocycles. The SMILES string of the molecule is CN(C)CCN(C)c1ccc(C(=O)Nc2cc(-c3ccccc3)ccc2C(=O)O)c(O)c1.[H-].[Na+]. The smallest absolute Gasteiger partial charge is 1.00 e. The van der Waals surface area contributed by atoms with E-state index in [4.69, 9.17) is 0 Å². The minimum absolute atomic E-state index is 0. The average molecular weight is 458 g/mol. The molecule has 0 heterocycles. The van der Waals surface area contributed by atoms with Crippen molar-refractivity contribution < 1.29 is 50.8 Å². The second kappa shape index (κ2) is 11.9. The third kappa shape index (κ3) is 6.82. The number of amides is 1. The number of carboxylic acids is 1. The van der Waals surface area contributed by atoms with Crippen molar-refractivity contribution in [3.8, 4) is 16.9 Å². The number of nitrogens with zero attached hydrogens (tertiary/aromatic N) is 2. The fraction of sp³-hybridized carbons (Fsp3) is 0.200. The fourth-order valence-corrected chi connectivity index (χ4v) is 3.26. The summed E-state index contributed by atoms with van der Waals surface area (Å²) in [5, 5.41) is 22.7. The van der Waals surface area contributed by atoms with Crippen LogP contribution < -0.4 is 39.8 Å². The molecule has 0 aliphatic heterocycles. The normalized spacial score (nSPS) is 10.4. The van der Waals surface area contributed by atoms with Crippen LogP contribution in [0.25, 0.3) is 11.1 Å². The summed E-state index contributed by atoms with van der Waals surface area (Å²) in [6.45, 7) is 1.60. The topological polar surface area (TPSA) is 93.1 Å². The van der Waals surface area contributed by atoms with Crippen LogP contribution in [0.2, 0.25) is 0 Å². The molecular formula is C25H28N3NaO4. The van der Waals surface area contributed by atoms with Gasteiger partial charge in [0.2, 0.25) is 0 Å². The van der Waals surface area contributed by atoms with E-state index in [0.717, 1.165) is 29.9 Å². The first-order chi connectivity index (χ1) is 15.3. The number of carbonyl (C=O) groups excluding carboxylic acids is 1. The molecule has 0 aromatic heterocycles. The predicted molar refractivity (Wildman–Crippen MR) is 128 cm³/mol. The second-order valence-electron chi connectivity index (χ2n) is 7.81. The van der Waals surface area contributed by atoms with E-state index in [2.05, 4.69) is 10.2 Å². The van der Waals surface area contributed by atoms with Gasteiger partial charge >= 0.3 is 35.5 Å². The van der Waals surface area contributed by atoms with Gasteiger partial charge in [-0.1, -0.05) is 36.4 Å². The van der Waals surface area contributed by atoms with E-state index in [1.807, 2.05) is 56.4 Å². The quantitative estimate of drug-likeness (QED) is 0.439. The van der Waals surface area contributed by atoms with Gasteiger partial charge in [-0.3, -0.25) is 4.79 Å². The molecule has 0 aliphatic rings. The summed E-state index contributed by atoms with van der Waals surface area (Å²) in [5.41, 5.74) is 2.64. The first kappa shape index (κ1) is 26.4. The number of benzene rings is 3. The van der Waals surface area contributed by atoms with Crippen LogP contribution in [0.1, 0.15) is 22.1 Å². The molecular weight excluding hydrogens is 429 g/mol. The molecule has 33 heavy (non-hydrogen) atoms. The molecule has 0 atom stereocenters. The van der Waals surface area contributed by atoms with Crippen LogP contribution in [0.4, 0.5) is 11.4 Å². The molecule has 0 radical (unpaired) electrons. The number of carbonyl (C=O) groups is 2. The number of hydrogen-bond donors (Lipinski definition) is 3. The van der Waals surface area contributed by atoms with Crippen molar-refractivity contribution in [2.45, 2.75) is 0 Å². The van der Waals surface area contributed by atoms with Crippen LogP contribution in [0.3, 0.4) is 0 Å². The third-order valence-electron chi connectivity index (χ3n) is 5.15. The number of likely N-dealkylation sites (N-methyl/N-ethyl adjacent to an activating group) is 2. The molecule has 3 N–H and O–H groups in total. The Bertz CT molecular complexity index is 1130. The van der Waals surface area contributed by atoms with E-state index >= 15 is 0 Å². The van der Waals surface area contributed by atoms with Crippen LogP contribution in [0.5, 0.6) is 5.75 Å². The zero-order chi connectivity index (χ0) is 23.3. The Morgan fingerprint density at radius 1 is 0.879 bits per heavy atom. The standard InChI is InChI=1S/C25H27N3O4.Na.H/c1-27(2)13-14-28(3)19-10-12-21(23(29)16-19)24(30)26-22-15-18(9-11-20(22)25(31)32)17-7-5-4-6-8-17;;/h4-12,15-16,29H,13-14H2,1-3H3,(H,26,30)(H,31,32);;/q;+1;-1. The summed E-state index contributed by atoms with van der Waals surface area (Å²) in [6.07, 6.45) is 0. The van der Waals surface area contributed by atoms with Gasteiger partial charge in [-0.15, -0.1) is 0 Å². The van der Waals surface area contributed by atoms with Crippen molar-refractivity contribution in [3.05, 3.63) is 77.9 Å². The van der Waals surface area contributed by atoms with Crippen LogP contribution in [-0.4, -0.2) is 61.2 Å². The van der Waals surface area contributed by atoms with Gasteiger partial charge in [-0.25, -0.2) is 4.79 Å². The van der Waals surface area contributed by atoms with Gasteiger partial charge in [0, 0.05) is 31.9 Å². The van der Waals surface area contributed by atoms with Gasteiger partial charge in [0.25, 0.3) is 5.91 Å². The number of phenolic OH excluding ortho intramolecular Hbond substituents is 1. The number of carboxylic acid groups (broad SMARTS) is 1. The molecule has 8 heteroatoms. The number of anilines is 2. The molecule has 1 amide bonds. The zero-order valence-electron chi connectivity index (χ0n) is 20.4. The zero-order valence-corrected chi connectivity index (χ0v) is 21.4. The number of rotatable bonds is 8. The largest absolute Gasteiger partial charge is 1.00 e. The maximum Gasteiger partial charge on any atom is 1.00 e. The summed E-state index contributed by atoms with van der Waals surface area (Å²) < 4.78 is 0. The van der Waals surface area contributed by atoms with E-state index in [-0.39, 0.29) is 53.5 Å². The van der Waals surface area contributed by atoms with Gasteiger partial charge in [0.05, 0.1) is 16.8 Å². The Labute approximate surface area is 217 Å². The summed E-state index contributed by atoms with van der Waals surface area (Å²) in [5.74, 6) is -1.91. The molecule has 0 saturated carbocycles. The van der Waals surface area contributed by atoms with Crippen molar-refractivity contribution >= 4 is 23.3 Å². The maximum absolute atomic E-state index is 12.9. The number of aromatic carboxylic acids is 1. The van der Waals surface area contributed by atoms with Gasteiger partial charge in [0.1, 0.15) is 5.75 Å². The molecule has 0 aliphatic carbocycles. The van der Waals surface area contributed by atoms with Crippen molar-refractivity contribution in [1.29, 1.82) is 0 Å². The molecule has 0 saturated heterocycles. The van der Waals surface area contributed by atoms with Crippen LogP contribution in [0.15, 0.2) is 66.7 Å². The molecule has 7 nitrogen and oxygen atoms in total. The molecule has 3 rings (SSSR count). The molecule has 0 unspecified atom stereocenters. The Hall–Kier alpha value is -2.84. The number of hydrogen-bond acceptors (Lipinski definition) is 5. The van der Waals surface area contributed by atoms with E-state index in [1.165, 1.54) is 18.2 Å². The minimum atomic E-state index is -1.15. The number of aromatic hydroxyl groups is 1. The Morgan fingerprint density at radius 2 is 1.55 bits per heavy atom. The maximum atomic E-state index is 12.9. The summed E-state index contributed by atoms with van der Waals surface area (Å²) >= 11 is 0. The van der Waals surface area contributed by atoms with Crippen molar-refractivity contribution in [1.82, 2.24) is 4.90 Å². The second-order valence-corrected chi connectivity index (χ2v) is 7.81. The Balaban J connectivity index is 0.00000289. The molecule has 3 aromatic rings. The molecule has 0 spiro atoms. The average Bonchev–Trinajstić information content (AvgIpc) is 2.77. The fourth-order valence-electron chi connectivity index (χ4n) is 3.26. The molecule has 0 fully saturated rings. The first-order valence-corrected chi connectivity index (χ1v) is 10.2. The van der Waals surface area contributed by atoms with E-state index in [1.54, 1.807) is 18.2 Å². The monoisotopic (exact) mass is 457 g/mol. The van der Waals surface area contributed by atoms with Gasteiger partial charge in [0.15, 0.2) is 0 Å². The predicted octanol–water partition coefficient (Wildman–Crippen LogP) is 1.12. The number of phenols is 1. The molecule has 0 bridgehead atoms. The van der Waals surface area contributed by atoms with Gasteiger partial charge < -0.3 is 26.8 Å². The minimum Gasteiger partial charge on any atom is -1.00 e. The van der Waals surface area contributed by atoms with Crippen LogP contribution in [0, 0.1) is 0 Å². The van der Waals surface area contributed by atoms with E-state index in [0.29, 0.717) is 0 Å². The Kier molecular flexibility index (Phi) is 9.49. The summed E-state index contributed by atoms with van der Waals surface area (Å²) in [6, 6.07) is 19.1. The number of nitrogens with one attached hydrogen (secondary N) is 1. The van der Waals surface area contributed by atoms with Gasteiger partial charge in [-0.2, -0.15) is 0 Å². The van der Waals surface area contributed by atoms with Crippen molar-refractivity contribution in [3.63, 3.8) is 0 Å². The third-order valence-corrected chi connectivity index (χ3v) is 5.15. The van der Waals surface area contributed by atoms with E-state index < -0.39 is 11.9 Å². The Morgan fingerprint density at radius 3 is 2.15 bits per heavy atom. The van der Waals surface area contributed by atoms with Crippen molar-refractivity contribution in [2.24, 2.45) is 0 Å². The van der Waals surface area contributed by atoms with Crippen molar-refractivity contribution in [2.75, 3.05) is 44.4 Å².